The molecule has 1 saturated heterocycles. The third-order valence-corrected chi connectivity index (χ3v) is 2.54. The zero-order valence-corrected chi connectivity index (χ0v) is 8.60. The van der Waals surface area contributed by atoms with E-state index in [0.29, 0.717) is 18.8 Å². The smallest absolute Gasteiger partial charge is 0.334 e. The second-order valence-electron chi connectivity index (χ2n) is 3.60. The molecule has 0 bridgehead atoms. The van der Waals surface area contributed by atoms with E-state index in [9.17, 15) is 9.18 Å². The van der Waals surface area contributed by atoms with Gasteiger partial charge in [0.2, 0.25) is 0 Å². The van der Waals surface area contributed by atoms with Gasteiger partial charge in [0.15, 0.2) is 6.10 Å². The first-order valence-electron chi connectivity index (χ1n) is 5.02. The lowest BCUT2D eigenvalue weighted by atomic mass is 10.2. The summed E-state index contributed by atoms with van der Waals surface area (Å²) in [6.45, 7) is 0.978. The Labute approximate surface area is 92.2 Å². The monoisotopic (exact) mass is 225 g/mol. The Hall–Kier alpha value is -1.62. The molecule has 1 N–H and O–H groups in total. The molecule has 0 spiro atoms. The predicted molar refractivity (Wildman–Crippen MR) is 56.0 cm³/mol. The van der Waals surface area contributed by atoms with Crippen molar-refractivity contribution in [2.45, 2.75) is 6.10 Å². The molecule has 1 aliphatic heterocycles. The Morgan fingerprint density at radius 1 is 1.50 bits per heavy atom. The summed E-state index contributed by atoms with van der Waals surface area (Å²) in [6.07, 6.45) is -0.881. The van der Waals surface area contributed by atoms with Crippen molar-refractivity contribution < 1.29 is 19.0 Å². The number of benzene rings is 1. The normalized spacial score (nSPS) is 20.8. The van der Waals surface area contributed by atoms with Gasteiger partial charge in [0, 0.05) is 6.54 Å². The molecule has 0 aromatic heterocycles. The average molecular weight is 225 g/mol. The van der Waals surface area contributed by atoms with Gasteiger partial charge in [-0.1, -0.05) is 12.1 Å². The van der Waals surface area contributed by atoms with E-state index < -0.39 is 12.1 Å². The summed E-state index contributed by atoms with van der Waals surface area (Å²) in [4.78, 5) is 12.5. The van der Waals surface area contributed by atoms with Crippen LogP contribution in [0.1, 0.15) is 0 Å². The van der Waals surface area contributed by atoms with Crippen LogP contribution in [0.5, 0.6) is 0 Å². The quantitative estimate of drug-likeness (QED) is 0.819. The number of hydrogen-bond acceptors (Lipinski definition) is 3. The predicted octanol–water partition coefficient (Wildman–Crippen LogP) is 1.12. The van der Waals surface area contributed by atoms with Crippen LogP contribution in [0.25, 0.3) is 0 Å². The molecule has 5 heteroatoms. The van der Waals surface area contributed by atoms with Crippen molar-refractivity contribution in [3.8, 4) is 0 Å². The third kappa shape index (κ3) is 2.14. The molecular formula is C11H12FNO3. The highest BCUT2D eigenvalue weighted by Crippen LogP contribution is 2.21. The number of aliphatic carboxylic acids is 1. The largest absolute Gasteiger partial charge is 0.479 e. The van der Waals surface area contributed by atoms with E-state index in [1.54, 1.807) is 23.1 Å². The summed E-state index contributed by atoms with van der Waals surface area (Å²) in [6, 6.07) is 6.33. The zero-order chi connectivity index (χ0) is 11.5. The molecule has 1 heterocycles. The molecule has 1 unspecified atom stereocenters. The van der Waals surface area contributed by atoms with E-state index >= 15 is 0 Å². The van der Waals surface area contributed by atoms with E-state index in [0.717, 1.165) is 0 Å². The second-order valence-corrected chi connectivity index (χ2v) is 3.60. The average Bonchev–Trinajstić information content (AvgIpc) is 2.30. The van der Waals surface area contributed by atoms with Crippen LogP contribution in [0, 0.1) is 5.82 Å². The van der Waals surface area contributed by atoms with Crippen molar-refractivity contribution in [3.63, 3.8) is 0 Å². The Balaban J connectivity index is 2.16. The maximum Gasteiger partial charge on any atom is 0.334 e. The topological polar surface area (TPSA) is 49.8 Å². The Morgan fingerprint density at radius 3 is 2.94 bits per heavy atom. The SMILES string of the molecule is O=C(O)C1CN(c2ccccc2F)CCO1. The first-order chi connectivity index (χ1) is 7.68. The van der Waals surface area contributed by atoms with Gasteiger partial charge in [-0.15, -0.1) is 0 Å². The van der Waals surface area contributed by atoms with Gasteiger partial charge in [-0.25, -0.2) is 9.18 Å². The molecule has 0 amide bonds. The minimum Gasteiger partial charge on any atom is -0.479 e. The van der Waals surface area contributed by atoms with E-state index in [1.807, 2.05) is 0 Å². The molecule has 4 nitrogen and oxygen atoms in total. The van der Waals surface area contributed by atoms with E-state index in [1.165, 1.54) is 6.07 Å². The van der Waals surface area contributed by atoms with Crippen LogP contribution in [0.15, 0.2) is 24.3 Å². The van der Waals surface area contributed by atoms with Crippen LogP contribution in [0.4, 0.5) is 10.1 Å². The van der Waals surface area contributed by atoms with Crippen LogP contribution in [0.3, 0.4) is 0 Å². The van der Waals surface area contributed by atoms with Gasteiger partial charge in [0.05, 0.1) is 18.8 Å². The fourth-order valence-corrected chi connectivity index (χ4v) is 1.73. The van der Waals surface area contributed by atoms with Crippen molar-refractivity contribution in [3.05, 3.63) is 30.1 Å². The van der Waals surface area contributed by atoms with Crippen molar-refractivity contribution in [2.75, 3.05) is 24.6 Å². The number of carboxylic acid groups (broad SMARTS) is 1. The number of morpholine rings is 1. The number of carbonyl (C=O) groups is 1. The molecule has 16 heavy (non-hydrogen) atoms. The van der Waals surface area contributed by atoms with Crippen molar-refractivity contribution in [1.29, 1.82) is 0 Å². The first kappa shape index (κ1) is 10.9. The molecule has 1 aliphatic rings. The maximum absolute atomic E-state index is 13.5. The fraction of sp³-hybridized carbons (Fsp3) is 0.364. The Kier molecular flexibility index (Phi) is 3.05. The third-order valence-electron chi connectivity index (χ3n) is 2.54. The summed E-state index contributed by atoms with van der Waals surface area (Å²) in [7, 11) is 0. The lowest BCUT2D eigenvalue weighted by Gasteiger charge is -2.32. The number of para-hydroxylation sites is 1. The van der Waals surface area contributed by atoms with Gasteiger partial charge < -0.3 is 14.7 Å². The van der Waals surface area contributed by atoms with Gasteiger partial charge >= 0.3 is 5.97 Å². The number of nitrogens with zero attached hydrogens (tertiary/aromatic N) is 1. The standard InChI is InChI=1S/C11H12FNO3/c12-8-3-1-2-4-9(8)13-5-6-16-10(7-13)11(14)15/h1-4,10H,5-7H2,(H,14,15). The van der Waals surface area contributed by atoms with Crippen molar-refractivity contribution >= 4 is 11.7 Å². The van der Waals surface area contributed by atoms with Crippen LogP contribution >= 0.6 is 0 Å². The zero-order valence-electron chi connectivity index (χ0n) is 8.60. The molecule has 1 aromatic carbocycles. The van der Waals surface area contributed by atoms with Crippen LogP contribution in [0.2, 0.25) is 0 Å². The van der Waals surface area contributed by atoms with Gasteiger partial charge in [-0.2, -0.15) is 0 Å². The number of carboxylic acids is 1. The lowest BCUT2D eigenvalue weighted by molar-refractivity contribution is -0.150. The van der Waals surface area contributed by atoms with Crippen LogP contribution in [-0.4, -0.2) is 36.9 Å². The molecule has 1 atom stereocenters. The molecule has 0 radical (unpaired) electrons. The Morgan fingerprint density at radius 2 is 2.25 bits per heavy atom. The van der Waals surface area contributed by atoms with E-state index in [2.05, 4.69) is 0 Å². The summed E-state index contributed by atoms with van der Waals surface area (Å²) in [5, 5.41) is 8.83. The number of halogens is 1. The summed E-state index contributed by atoms with van der Waals surface area (Å²) >= 11 is 0. The molecule has 86 valence electrons. The number of rotatable bonds is 2. The molecular weight excluding hydrogens is 213 g/mol. The van der Waals surface area contributed by atoms with Gasteiger partial charge in [0.25, 0.3) is 0 Å². The fourth-order valence-electron chi connectivity index (χ4n) is 1.73. The second kappa shape index (κ2) is 4.49. The number of hydrogen-bond donors (Lipinski definition) is 1. The molecule has 1 fully saturated rings. The highest BCUT2D eigenvalue weighted by Gasteiger charge is 2.27. The highest BCUT2D eigenvalue weighted by molar-refractivity contribution is 5.73. The Bertz CT molecular complexity index is 397. The highest BCUT2D eigenvalue weighted by atomic mass is 19.1. The maximum atomic E-state index is 13.5. The van der Waals surface area contributed by atoms with Gasteiger partial charge in [0.1, 0.15) is 5.82 Å². The number of anilines is 1. The molecule has 2 rings (SSSR count). The lowest BCUT2D eigenvalue weighted by Crippen LogP contribution is -2.46. The van der Waals surface area contributed by atoms with E-state index in [-0.39, 0.29) is 12.4 Å². The van der Waals surface area contributed by atoms with E-state index in [4.69, 9.17) is 9.84 Å². The number of ether oxygens (including phenoxy) is 1. The minimum atomic E-state index is -1.01. The summed E-state index contributed by atoms with van der Waals surface area (Å²) < 4.78 is 18.5. The molecule has 0 aliphatic carbocycles. The van der Waals surface area contributed by atoms with Crippen LogP contribution < -0.4 is 4.90 Å². The van der Waals surface area contributed by atoms with Crippen molar-refractivity contribution in [1.82, 2.24) is 0 Å². The molecule has 0 saturated carbocycles. The minimum absolute atomic E-state index is 0.177. The van der Waals surface area contributed by atoms with Crippen LogP contribution in [-0.2, 0) is 9.53 Å². The van der Waals surface area contributed by atoms with Crippen molar-refractivity contribution in [2.24, 2.45) is 0 Å². The summed E-state index contributed by atoms with van der Waals surface area (Å²) in [5.41, 5.74) is 0.428. The van der Waals surface area contributed by atoms with Gasteiger partial charge in [-0.05, 0) is 12.1 Å². The van der Waals surface area contributed by atoms with Gasteiger partial charge in [-0.3, -0.25) is 0 Å². The first-order valence-corrected chi connectivity index (χ1v) is 5.02. The molecule has 1 aromatic rings. The summed E-state index contributed by atoms with van der Waals surface area (Å²) in [5.74, 6) is -1.35.